The van der Waals surface area contributed by atoms with Gasteiger partial charge in [-0.1, -0.05) is 17.7 Å². The lowest BCUT2D eigenvalue weighted by Gasteiger charge is -2.36. The fraction of sp³-hybridized carbons (Fsp3) is 0.364. The Kier molecular flexibility index (Phi) is 6.40. The molecule has 0 bridgehead atoms. The van der Waals surface area contributed by atoms with Crippen LogP contribution in [0.1, 0.15) is 6.42 Å². The molecular weight excluding hydrogens is 402 g/mol. The topological polar surface area (TPSA) is 60.4 Å². The molecule has 2 aliphatic rings. The van der Waals surface area contributed by atoms with Crippen molar-refractivity contribution in [2.75, 3.05) is 49.6 Å². The number of carbonyl (C=O) groups excluding carboxylic acids is 1. The quantitative estimate of drug-likeness (QED) is 0.686. The van der Waals surface area contributed by atoms with E-state index in [1.54, 1.807) is 7.11 Å². The molecule has 0 saturated carbocycles. The van der Waals surface area contributed by atoms with E-state index in [2.05, 4.69) is 32.5 Å². The van der Waals surface area contributed by atoms with Crippen LogP contribution in [0.2, 0.25) is 5.02 Å². The summed E-state index contributed by atoms with van der Waals surface area (Å²) in [5.74, 6) is 1.75. The zero-order valence-corrected chi connectivity index (χ0v) is 17.8. The third kappa shape index (κ3) is 4.52. The number of halogens is 1. The van der Waals surface area contributed by atoms with Crippen molar-refractivity contribution in [3.63, 3.8) is 0 Å². The second-order valence-electron chi connectivity index (χ2n) is 7.36. The van der Waals surface area contributed by atoms with Gasteiger partial charge < -0.3 is 9.64 Å². The maximum Gasteiger partial charge on any atom is 0.177 e. The molecule has 2 aromatic carbocycles. The molecule has 0 spiro atoms. The average Bonchev–Trinajstić information content (AvgIpc) is 3.21. The van der Waals surface area contributed by atoms with Gasteiger partial charge in [0, 0.05) is 61.6 Å². The molecule has 2 aliphatic heterocycles. The van der Waals surface area contributed by atoms with Gasteiger partial charge in [-0.3, -0.25) is 20.0 Å². The van der Waals surface area contributed by atoms with E-state index in [-0.39, 0.29) is 0 Å². The molecule has 4 rings (SSSR count). The van der Waals surface area contributed by atoms with Gasteiger partial charge in [-0.25, -0.2) is 0 Å². The van der Waals surface area contributed by atoms with Crippen LogP contribution in [0.25, 0.3) is 0 Å². The SMILES string of the molecule is COc1cccc(N2CCN(CCC3=NNC(C=O)N3c3ccc(Cl)cc3)CC2)c1. The molecule has 1 N–H and O–H groups in total. The summed E-state index contributed by atoms with van der Waals surface area (Å²) in [5, 5.41) is 5.08. The van der Waals surface area contributed by atoms with Gasteiger partial charge in [0.25, 0.3) is 0 Å². The van der Waals surface area contributed by atoms with E-state index >= 15 is 0 Å². The summed E-state index contributed by atoms with van der Waals surface area (Å²) < 4.78 is 5.34. The molecule has 0 radical (unpaired) electrons. The van der Waals surface area contributed by atoms with E-state index < -0.39 is 6.17 Å². The van der Waals surface area contributed by atoms with Gasteiger partial charge in [-0.05, 0) is 36.4 Å². The van der Waals surface area contributed by atoms with Crippen LogP contribution in [-0.4, -0.2) is 63.0 Å². The first-order valence-corrected chi connectivity index (χ1v) is 10.5. The highest BCUT2D eigenvalue weighted by atomic mass is 35.5. The molecule has 1 fully saturated rings. The normalized spacial score (nSPS) is 19.4. The fourth-order valence-electron chi connectivity index (χ4n) is 3.89. The minimum Gasteiger partial charge on any atom is -0.497 e. The Hall–Kier alpha value is -2.77. The number of piperazine rings is 1. The second-order valence-corrected chi connectivity index (χ2v) is 7.80. The molecule has 0 aromatic heterocycles. The van der Waals surface area contributed by atoms with Crippen LogP contribution in [0.3, 0.4) is 0 Å². The summed E-state index contributed by atoms with van der Waals surface area (Å²) in [5.41, 5.74) is 5.02. The number of nitrogens with zero attached hydrogens (tertiary/aromatic N) is 4. The van der Waals surface area contributed by atoms with Crippen molar-refractivity contribution in [2.24, 2.45) is 5.10 Å². The van der Waals surface area contributed by atoms with Crippen molar-refractivity contribution in [2.45, 2.75) is 12.6 Å². The monoisotopic (exact) mass is 427 g/mol. The zero-order valence-electron chi connectivity index (χ0n) is 17.0. The number of ether oxygens (including phenoxy) is 1. The zero-order chi connectivity index (χ0) is 20.9. The van der Waals surface area contributed by atoms with Crippen molar-refractivity contribution >= 4 is 35.1 Å². The van der Waals surface area contributed by atoms with E-state index in [4.69, 9.17) is 16.3 Å². The second kappa shape index (κ2) is 9.36. The standard InChI is InChI=1S/C22H26ClN5O2/c1-30-20-4-2-3-19(15-20)27-13-11-26(12-14-27)10-9-21-24-25-22(16-29)28(21)18-7-5-17(23)6-8-18/h2-8,15-16,22,25H,9-14H2,1H3. The Labute approximate surface area is 181 Å². The van der Waals surface area contributed by atoms with Crippen LogP contribution in [0, 0.1) is 0 Å². The Balaban J connectivity index is 1.33. The summed E-state index contributed by atoms with van der Waals surface area (Å²) in [6.45, 7) is 4.79. The minimum atomic E-state index is -0.480. The third-order valence-corrected chi connectivity index (χ3v) is 5.81. The molecule has 30 heavy (non-hydrogen) atoms. The van der Waals surface area contributed by atoms with Gasteiger partial charge in [0.1, 0.15) is 11.6 Å². The van der Waals surface area contributed by atoms with Crippen LogP contribution < -0.4 is 20.0 Å². The van der Waals surface area contributed by atoms with Crippen LogP contribution in [0.4, 0.5) is 11.4 Å². The maximum atomic E-state index is 11.5. The molecule has 2 heterocycles. The van der Waals surface area contributed by atoms with E-state index in [0.717, 1.165) is 62.7 Å². The lowest BCUT2D eigenvalue weighted by atomic mass is 10.2. The van der Waals surface area contributed by atoms with E-state index in [1.165, 1.54) is 5.69 Å². The predicted molar refractivity (Wildman–Crippen MR) is 121 cm³/mol. The maximum absolute atomic E-state index is 11.5. The van der Waals surface area contributed by atoms with Gasteiger partial charge >= 0.3 is 0 Å². The Morgan fingerprint density at radius 1 is 1.13 bits per heavy atom. The first-order chi connectivity index (χ1) is 14.7. The first-order valence-electron chi connectivity index (χ1n) is 10.1. The number of aldehydes is 1. The lowest BCUT2D eigenvalue weighted by Crippen LogP contribution is -2.48. The number of hydrazone groups is 1. The van der Waals surface area contributed by atoms with E-state index in [9.17, 15) is 4.79 Å². The van der Waals surface area contributed by atoms with E-state index in [1.807, 2.05) is 41.3 Å². The number of amidine groups is 1. The molecule has 1 atom stereocenters. The summed E-state index contributed by atoms with van der Waals surface area (Å²) in [6, 6.07) is 15.7. The Bertz CT molecular complexity index is 897. The number of carbonyl (C=O) groups is 1. The number of hydrogen-bond donors (Lipinski definition) is 1. The molecule has 1 saturated heterocycles. The molecule has 0 amide bonds. The first kappa shape index (κ1) is 20.5. The van der Waals surface area contributed by atoms with Crippen molar-refractivity contribution in [3.05, 3.63) is 53.6 Å². The Morgan fingerprint density at radius 2 is 1.90 bits per heavy atom. The van der Waals surface area contributed by atoms with Crippen molar-refractivity contribution in [1.82, 2.24) is 10.3 Å². The summed E-state index contributed by atoms with van der Waals surface area (Å²) in [7, 11) is 1.69. The predicted octanol–water partition coefficient (Wildman–Crippen LogP) is 2.81. The van der Waals surface area contributed by atoms with Gasteiger partial charge in [0.15, 0.2) is 12.5 Å². The molecule has 7 nitrogen and oxygen atoms in total. The smallest absolute Gasteiger partial charge is 0.177 e. The molecule has 0 aliphatic carbocycles. The fourth-order valence-corrected chi connectivity index (χ4v) is 4.01. The number of anilines is 2. The van der Waals surface area contributed by atoms with Crippen LogP contribution in [0.15, 0.2) is 53.6 Å². The Morgan fingerprint density at radius 3 is 2.60 bits per heavy atom. The highest BCUT2D eigenvalue weighted by molar-refractivity contribution is 6.30. The number of nitrogens with one attached hydrogen (secondary N) is 1. The molecule has 158 valence electrons. The minimum absolute atomic E-state index is 0.480. The number of rotatable bonds is 7. The van der Waals surface area contributed by atoms with Crippen LogP contribution >= 0.6 is 11.6 Å². The molecule has 1 unspecified atom stereocenters. The number of benzene rings is 2. The third-order valence-electron chi connectivity index (χ3n) is 5.56. The van der Waals surface area contributed by atoms with Crippen LogP contribution in [0.5, 0.6) is 5.75 Å². The summed E-state index contributed by atoms with van der Waals surface area (Å²) in [6.07, 6.45) is 1.16. The summed E-state index contributed by atoms with van der Waals surface area (Å²) >= 11 is 6.01. The van der Waals surface area contributed by atoms with Gasteiger partial charge in [0.2, 0.25) is 0 Å². The van der Waals surface area contributed by atoms with E-state index in [0.29, 0.717) is 5.02 Å². The number of methoxy groups -OCH3 is 1. The lowest BCUT2D eigenvalue weighted by molar-refractivity contribution is -0.109. The van der Waals surface area contributed by atoms with Crippen molar-refractivity contribution < 1.29 is 9.53 Å². The summed E-state index contributed by atoms with van der Waals surface area (Å²) in [4.78, 5) is 18.3. The molecule has 8 heteroatoms. The highest BCUT2D eigenvalue weighted by Crippen LogP contribution is 2.24. The van der Waals surface area contributed by atoms with Crippen molar-refractivity contribution in [3.8, 4) is 5.75 Å². The van der Waals surface area contributed by atoms with Gasteiger partial charge in [0.05, 0.1) is 7.11 Å². The van der Waals surface area contributed by atoms with Gasteiger partial charge in [-0.2, -0.15) is 5.10 Å². The molecule has 2 aromatic rings. The largest absolute Gasteiger partial charge is 0.497 e. The van der Waals surface area contributed by atoms with Gasteiger partial charge in [-0.15, -0.1) is 0 Å². The average molecular weight is 428 g/mol. The number of hydrogen-bond acceptors (Lipinski definition) is 7. The van der Waals surface area contributed by atoms with Crippen molar-refractivity contribution in [1.29, 1.82) is 0 Å². The highest BCUT2D eigenvalue weighted by Gasteiger charge is 2.29. The van der Waals surface area contributed by atoms with Crippen LogP contribution in [-0.2, 0) is 4.79 Å². The molecular formula is C22H26ClN5O2.